The van der Waals surface area contributed by atoms with E-state index < -0.39 is 5.97 Å². The van der Waals surface area contributed by atoms with Crippen molar-refractivity contribution < 1.29 is 24.2 Å². The van der Waals surface area contributed by atoms with Gasteiger partial charge in [-0.3, -0.25) is 4.90 Å². The maximum absolute atomic E-state index is 12.6. The summed E-state index contributed by atoms with van der Waals surface area (Å²) in [5.74, 6) is -0.642. The number of hydrogen-bond donors (Lipinski definition) is 2. The lowest BCUT2D eigenvalue weighted by atomic mass is 10.0. The van der Waals surface area contributed by atoms with Gasteiger partial charge in [-0.1, -0.05) is 57.4 Å². The lowest BCUT2D eigenvalue weighted by molar-refractivity contribution is -0.135. The highest BCUT2D eigenvalue weighted by Gasteiger charge is 2.14. The van der Waals surface area contributed by atoms with E-state index in [1.165, 1.54) is 13.2 Å². The fourth-order valence-corrected chi connectivity index (χ4v) is 3.36. The smallest absolute Gasteiger partial charge is 0.371 e. The summed E-state index contributed by atoms with van der Waals surface area (Å²) in [7, 11) is 3.08. The summed E-state index contributed by atoms with van der Waals surface area (Å²) in [5, 5.41) is 12.2. The maximum Gasteiger partial charge on any atom is 0.371 e. The number of ether oxygens (including phenoxy) is 2. The molecular formula is C27H36N2O5. The number of carbonyl (C=O) groups is 2. The molecule has 0 bridgehead atoms. The number of nitrogens with zero attached hydrogens (tertiary/aromatic N) is 1. The predicted octanol–water partition coefficient (Wildman–Crippen LogP) is 5.94. The molecule has 34 heavy (non-hydrogen) atoms. The van der Waals surface area contributed by atoms with E-state index in [1.807, 2.05) is 42.5 Å². The molecule has 2 rings (SSSR count). The van der Waals surface area contributed by atoms with Crippen LogP contribution in [0.2, 0.25) is 0 Å². The van der Waals surface area contributed by atoms with Crippen molar-refractivity contribution in [1.82, 2.24) is 5.32 Å². The highest BCUT2D eigenvalue weighted by atomic mass is 16.5. The van der Waals surface area contributed by atoms with Crippen LogP contribution in [0.1, 0.15) is 51.5 Å². The quantitative estimate of drug-likeness (QED) is 0.216. The first kappa shape index (κ1) is 26.8. The van der Waals surface area contributed by atoms with Crippen LogP contribution in [0.5, 0.6) is 5.75 Å². The summed E-state index contributed by atoms with van der Waals surface area (Å²) in [6, 6.07) is 13.1. The second-order valence-electron chi connectivity index (χ2n) is 8.02. The number of rotatable bonds is 13. The van der Waals surface area contributed by atoms with Crippen molar-refractivity contribution in [3.63, 3.8) is 0 Å². The first-order valence-corrected chi connectivity index (χ1v) is 11.8. The third kappa shape index (κ3) is 7.83. The van der Waals surface area contributed by atoms with Gasteiger partial charge in [-0.2, -0.15) is 0 Å². The number of amides is 2. The van der Waals surface area contributed by atoms with Crippen LogP contribution in [-0.4, -0.2) is 44.4 Å². The fourth-order valence-electron chi connectivity index (χ4n) is 3.36. The van der Waals surface area contributed by atoms with Gasteiger partial charge in [-0.15, -0.1) is 0 Å². The molecule has 0 aliphatic heterocycles. The summed E-state index contributed by atoms with van der Waals surface area (Å²) in [4.78, 5) is 25.5. The Labute approximate surface area is 202 Å². The number of nitrogens with one attached hydrogen (secondary N) is 1. The van der Waals surface area contributed by atoms with E-state index in [4.69, 9.17) is 9.47 Å². The number of carbonyl (C=O) groups excluding carboxylic acids is 1. The van der Waals surface area contributed by atoms with Crippen molar-refractivity contribution >= 4 is 23.8 Å². The van der Waals surface area contributed by atoms with Crippen molar-refractivity contribution in [3.05, 3.63) is 53.8 Å². The number of carboxylic acids is 1. The summed E-state index contributed by atoms with van der Waals surface area (Å²) in [6.07, 6.45) is 6.51. The van der Waals surface area contributed by atoms with Gasteiger partial charge in [0.15, 0.2) is 0 Å². The second kappa shape index (κ2) is 13.9. The van der Waals surface area contributed by atoms with Crippen LogP contribution < -0.4 is 15.0 Å². The highest BCUT2D eigenvalue weighted by Crippen LogP contribution is 2.34. The molecule has 0 heterocycles. The fraction of sp³-hybridized carbons (Fsp3) is 0.407. The van der Waals surface area contributed by atoms with E-state index in [-0.39, 0.29) is 11.8 Å². The molecule has 0 radical (unpaired) electrons. The Bertz CT molecular complexity index is 987. The van der Waals surface area contributed by atoms with Crippen molar-refractivity contribution in [1.29, 1.82) is 0 Å². The van der Waals surface area contributed by atoms with Gasteiger partial charge < -0.3 is 19.9 Å². The number of benzene rings is 2. The van der Waals surface area contributed by atoms with Crippen LogP contribution in [0.3, 0.4) is 0 Å². The molecule has 2 aromatic carbocycles. The van der Waals surface area contributed by atoms with Crippen molar-refractivity contribution in [2.45, 2.75) is 46.0 Å². The topological polar surface area (TPSA) is 88.1 Å². The van der Waals surface area contributed by atoms with E-state index in [0.29, 0.717) is 24.5 Å². The molecule has 0 atom stereocenters. The summed E-state index contributed by atoms with van der Waals surface area (Å²) in [6.45, 7) is 5.42. The monoisotopic (exact) mass is 468 g/mol. The van der Waals surface area contributed by atoms with Gasteiger partial charge in [0.05, 0.1) is 13.7 Å². The van der Waals surface area contributed by atoms with Gasteiger partial charge in [0.25, 0.3) is 0 Å². The minimum atomic E-state index is -1.14. The Kier molecular flexibility index (Phi) is 11.0. The minimum absolute atomic E-state index is 0.145. The number of hydrogen-bond acceptors (Lipinski definition) is 4. The zero-order chi connectivity index (χ0) is 24.9. The Morgan fingerprint density at radius 2 is 1.82 bits per heavy atom. The molecule has 0 saturated heterocycles. The number of carboxylic acid groups (broad SMARTS) is 1. The Balaban J connectivity index is 2.33. The van der Waals surface area contributed by atoms with E-state index in [9.17, 15) is 14.7 Å². The van der Waals surface area contributed by atoms with Crippen molar-refractivity contribution in [2.24, 2.45) is 0 Å². The van der Waals surface area contributed by atoms with Crippen LogP contribution in [-0.2, 0) is 9.53 Å². The average molecular weight is 469 g/mol. The van der Waals surface area contributed by atoms with Crippen LogP contribution in [0.4, 0.5) is 10.5 Å². The molecule has 184 valence electrons. The molecule has 0 spiro atoms. The molecule has 0 aliphatic carbocycles. The van der Waals surface area contributed by atoms with Crippen molar-refractivity contribution in [3.8, 4) is 16.9 Å². The van der Waals surface area contributed by atoms with E-state index in [0.717, 1.165) is 48.9 Å². The SMILES string of the molecule is CCCCCNC(=O)N(C)c1cccc(-c2ccc(/C=C(/OC)C(=O)O)cc2OCCCC)c1. The zero-order valence-electron chi connectivity index (χ0n) is 20.6. The highest BCUT2D eigenvalue weighted by molar-refractivity contribution is 5.92. The molecule has 7 nitrogen and oxygen atoms in total. The van der Waals surface area contributed by atoms with Crippen LogP contribution in [0, 0.1) is 0 Å². The Morgan fingerprint density at radius 1 is 1.06 bits per heavy atom. The van der Waals surface area contributed by atoms with E-state index in [2.05, 4.69) is 19.2 Å². The standard InChI is InChI=1S/C27H36N2O5/c1-5-7-9-15-28-27(32)29(3)22-12-10-11-21(19-22)23-14-13-20(18-25(33-4)26(30)31)17-24(23)34-16-8-6-2/h10-14,17-19H,5-9,15-16H2,1-4H3,(H,28,32)(H,30,31)/b25-18+. The Hall–Kier alpha value is -3.48. The van der Waals surface area contributed by atoms with E-state index in [1.54, 1.807) is 11.9 Å². The summed E-state index contributed by atoms with van der Waals surface area (Å²) < 4.78 is 11.0. The molecule has 2 aromatic rings. The molecular weight excluding hydrogens is 432 g/mol. The predicted molar refractivity (Wildman–Crippen MR) is 136 cm³/mol. The minimum Gasteiger partial charge on any atom is -0.493 e. The van der Waals surface area contributed by atoms with Gasteiger partial charge in [-0.05, 0) is 48.2 Å². The molecule has 0 saturated carbocycles. The third-order valence-corrected chi connectivity index (χ3v) is 5.40. The summed E-state index contributed by atoms with van der Waals surface area (Å²) >= 11 is 0. The molecule has 7 heteroatoms. The molecule has 0 unspecified atom stereocenters. The van der Waals surface area contributed by atoms with Crippen LogP contribution in [0.15, 0.2) is 48.2 Å². The molecule has 0 aromatic heterocycles. The number of aliphatic carboxylic acids is 1. The maximum atomic E-state index is 12.6. The van der Waals surface area contributed by atoms with E-state index >= 15 is 0 Å². The number of unbranched alkanes of at least 4 members (excludes halogenated alkanes) is 3. The number of methoxy groups -OCH3 is 1. The molecule has 0 fully saturated rings. The number of urea groups is 1. The normalized spacial score (nSPS) is 11.1. The zero-order valence-corrected chi connectivity index (χ0v) is 20.6. The molecule has 2 N–H and O–H groups in total. The lowest BCUT2D eigenvalue weighted by Gasteiger charge is -2.20. The van der Waals surface area contributed by atoms with Gasteiger partial charge >= 0.3 is 12.0 Å². The van der Waals surface area contributed by atoms with Crippen LogP contribution in [0.25, 0.3) is 17.2 Å². The van der Waals surface area contributed by atoms with Gasteiger partial charge in [-0.25, -0.2) is 9.59 Å². The first-order valence-electron chi connectivity index (χ1n) is 11.8. The summed E-state index contributed by atoms with van der Waals surface area (Å²) in [5.41, 5.74) is 3.19. The Morgan fingerprint density at radius 3 is 2.50 bits per heavy atom. The van der Waals surface area contributed by atoms with Gasteiger partial charge in [0.2, 0.25) is 5.76 Å². The van der Waals surface area contributed by atoms with Crippen molar-refractivity contribution in [2.75, 3.05) is 32.2 Å². The second-order valence-corrected chi connectivity index (χ2v) is 8.02. The number of anilines is 1. The first-order chi connectivity index (χ1) is 16.4. The lowest BCUT2D eigenvalue weighted by Crippen LogP contribution is -2.37. The molecule has 2 amide bonds. The van der Waals surface area contributed by atoms with Gasteiger partial charge in [0, 0.05) is 24.8 Å². The average Bonchev–Trinajstić information content (AvgIpc) is 2.84. The molecule has 0 aliphatic rings. The third-order valence-electron chi connectivity index (χ3n) is 5.40. The van der Waals surface area contributed by atoms with Gasteiger partial charge in [0.1, 0.15) is 5.75 Å². The van der Waals surface area contributed by atoms with Crippen LogP contribution >= 0.6 is 0 Å². The largest absolute Gasteiger partial charge is 0.493 e.